The highest BCUT2D eigenvalue weighted by Gasteiger charge is 2.61. The molecule has 0 N–H and O–H groups in total. The fraction of sp³-hybridized carbons (Fsp3) is 0.900. The van der Waals surface area contributed by atoms with Gasteiger partial charge in [0.1, 0.15) is 0 Å². The molecule has 0 aromatic carbocycles. The van der Waals surface area contributed by atoms with Crippen molar-refractivity contribution < 1.29 is 14.0 Å². The van der Waals surface area contributed by atoms with Crippen LogP contribution in [0.2, 0.25) is 18.1 Å². The molecule has 1 radical (unpaired) electrons. The number of carbonyl (C=O) groups excluding carboxylic acids is 1. The molecule has 2 aliphatic carbocycles. The molecule has 4 heteroatoms. The van der Waals surface area contributed by atoms with Gasteiger partial charge >= 0.3 is 5.97 Å². The van der Waals surface area contributed by atoms with Crippen LogP contribution < -0.4 is 0 Å². The molecule has 0 saturated heterocycles. The van der Waals surface area contributed by atoms with Gasteiger partial charge in [0.2, 0.25) is 0 Å². The molecule has 0 heterocycles. The molecule has 3 nitrogen and oxygen atoms in total. The fourth-order valence-electron chi connectivity index (χ4n) is 4.25. The van der Waals surface area contributed by atoms with Crippen LogP contribution in [0.5, 0.6) is 0 Å². The normalized spacial score (nSPS) is 31.9. The lowest BCUT2D eigenvalue weighted by Crippen LogP contribution is -2.62. The van der Waals surface area contributed by atoms with Crippen LogP contribution in [0.4, 0.5) is 0 Å². The zero-order valence-electron chi connectivity index (χ0n) is 16.7. The number of hydrogen-bond acceptors (Lipinski definition) is 3. The molecule has 2 unspecified atom stereocenters. The highest BCUT2D eigenvalue weighted by Crippen LogP contribution is 2.57. The topological polar surface area (TPSA) is 35.5 Å². The van der Waals surface area contributed by atoms with E-state index >= 15 is 0 Å². The Morgan fingerprint density at radius 3 is 2.25 bits per heavy atom. The van der Waals surface area contributed by atoms with Crippen molar-refractivity contribution >= 4 is 14.3 Å². The molecular weight excluding hydrogens is 316 g/mol. The molecule has 2 aliphatic rings. The predicted molar refractivity (Wildman–Crippen MR) is 101 cm³/mol. The summed E-state index contributed by atoms with van der Waals surface area (Å²) in [4.78, 5) is 13.1. The molecule has 2 atom stereocenters. The van der Waals surface area contributed by atoms with Gasteiger partial charge in [-0.2, -0.15) is 0 Å². The molecule has 24 heavy (non-hydrogen) atoms. The van der Waals surface area contributed by atoms with Crippen LogP contribution in [-0.2, 0) is 14.0 Å². The summed E-state index contributed by atoms with van der Waals surface area (Å²) in [5, 5.41) is 0.139. The van der Waals surface area contributed by atoms with E-state index in [4.69, 9.17) is 9.16 Å². The van der Waals surface area contributed by atoms with Crippen LogP contribution in [0.3, 0.4) is 0 Å². The SMILES string of the molecule is CCOC(=O)C12CCCC[CH]C1(O[Si](C)(C)C(C)(C)C)CCCC2. The smallest absolute Gasteiger partial charge is 0.314 e. The summed E-state index contributed by atoms with van der Waals surface area (Å²) >= 11 is 0. The Morgan fingerprint density at radius 1 is 1.08 bits per heavy atom. The van der Waals surface area contributed by atoms with E-state index in [1.54, 1.807) is 0 Å². The Balaban J connectivity index is 2.47. The molecule has 0 aliphatic heterocycles. The first kappa shape index (κ1) is 20.0. The van der Waals surface area contributed by atoms with Gasteiger partial charge in [-0.05, 0) is 57.2 Å². The van der Waals surface area contributed by atoms with Gasteiger partial charge in [-0.3, -0.25) is 4.79 Å². The summed E-state index contributed by atoms with van der Waals surface area (Å²) < 4.78 is 12.7. The molecule has 0 spiro atoms. The maximum absolute atomic E-state index is 13.1. The lowest BCUT2D eigenvalue weighted by Gasteiger charge is -2.55. The summed E-state index contributed by atoms with van der Waals surface area (Å²) in [7, 11) is -1.99. The second-order valence-corrected chi connectivity index (χ2v) is 13.9. The monoisotopic (exact) mass is 353 g/mol. The first-order valence-corrected chi connectivity index (χ1v) is 12.7. The minimum atomic E-state index is -1.99. The largest absolute Gasteiger partial charge is 0.465 e. The molecule has 0 bridgehead atoms. The van der Waals surface area contributed by atoms with Crippen molar-refractivity contribution in [3.63, 3.8) is 0 Å². The van der Waals surface area contributed by atoms with Crippen molar-refractivity contribution in [3.8, 4) is 0 Å². The van der Waals surface area contributed by atoms with Crippen LogP contribution in [0.1, 0.15) is 79.1 Å². The van der Waals surface area contributed by atoms with Gasteiger partial charge in [-0.1, -0.05) is 46.5 Å². The molecule has 0 aromatic heterocycles. The van der Waals surface area contributed by atoms with Crippen LogP contribution in [-0.4, -0.2) is 26.5 Å². The molecule has 139 valence electrons. The summed E-state index contributed by atoms with van der Waals surface area (Å²) in [6.07, 6.45) is 10.7. The maximum atomic E-state index is 13.1. The lowest BCUT2D eigenvalue weighted by atomic mass is 9.60. The Hall–Kier alpha value is -0.353. The lowest BCUT2D eigenvalue weighted by molar-refractivity contribution is -0.176. The third-order valence-electron chi connectivity index (χ3n) is 6.65. The van der Waals surface area contributed by atoms with Gasteiger partial charge in [-0.15, -0.1) is 0 Å². The Morgan fingerprint density at radius 2 is 1.67 bits per heavy atom. The molecular formula is C20H37O3Si. The number of hydrogen-bond donors (Lipinski definition) is 0. The maximum Gasteiger partial charge on any atom is 0.314 e. The van der Waals surface area contributed by atoms with E-state index in [9.17, 15) is 4.79 Å². The number of esters is 1. The molecule has 0 aromatic rings. The quantitative estimate of drug-likeness (QED) is 0.484. The molecule has 2 rings (SSSR count). The average molecular weight is 354 g/mol. The van der Waals surface area contributed by atoms with Gasteiger partial charge in [0.25, 0.3) is 0 Å². The van der Waals surface area contributed by atoms with Crippen molar-refractivity contribution in [3.05, 3.63) is 6.42 Å². The van der Waals surface area contributed by atoms with Crippen molar-refractivity contribution in [2.45, 2.75) is 103 Å². The Bertz CT molecular complexity index is 454. The van der Waals surface area contributed by atoms with E-state index in [1.807, 2.05) is 6.92 Å². The van der Waals surface area contributed by atoms with Crippen LogP contribution in [0.15, 0.2) is 0 Å². The zero-order valence-corrected chi connectivity index (χ0v) is 17.7. The van der Waals surface area contributed by atoms with E-state index in [2.05, 4.69) is 40.3 Å². The third kappa shape index (κ3) is 3.46. The number of ether oxygens (including phenoxy) is 1. The second kappa shape index (κ2) is 7.11. The minimum absolute atomic E-state index is 0.0124. The van der Waals surface area contributed by atoms with E-state index in [0.717, 1.165) is 51.4 Å². The summed E-state index contributed by atoms with van der Waals surface area (Å²) in [5.74, 6) is -0.0124. The first-order valence-electron chi connectivity index (χ1n) is 9.82. The van der Waals surface area contributed by atoms with E-state index < -0.39 is 19.3 Å². The highest BCUT2D eigenvalue weighted by molar-refractivity contribution is 6.74. The Labute approximate surface area is 150 Å². The van der Waals surface area contributed by atoms with Gasteiger partial charge in [-0.25, -0.2) is 0 Å². The average Bonchev–Trinajstić information content (AvgIpc) is 2.66. The van der Waals surface area contributed by atoms with Gasteiger partial charge in [0.15, 0.2) is 8.32 Å². The summed E-state index contributed by atoms with van der Waals surface area (Å²) in [6.45, 7) is 13.8. The van der Waals surface area contributed by atoms with Gasteiger partial charge in [0, 0.05) is 0 Å². The van der Waals surface area contributed by atoms with E-state index in [0.29, 0.717) is 6.61 Å². The molecule has 2 fully saturated rings. The van der Waals surface area contributed by atoms with Crippen LogP contribution >= 0.6 is 0 Å². The van der Waals surface area contributed by atoms with Crippen molar-refractivity contribution in [1.29, 1.82) is 0 Å². The standard InChI is InChI=1S/C20H37O3Si/c1-7-22-17(21)19-13-9-8-10-15-20(19,16-12-11-14-19)23-24(5,6)18(2,3)4/h15H,7-14,16H2,1-6H3. The third-order valence-corrected chi connectivity index (χ3v) is 11.1. The van der Waals surface area contributed by atoms with Crippen LogP contribution in [0.25, 0.3) is 0 Å². The molecule has 0 amide bonds. The van der Waals surface area contributed by atoms with Gasteiger partial charge in [0.05, 0.1) is 17.6 Å². The molecule has 2 saturated carbocycles. The first-order chi connectivity index (χ1) is 11.1. The zero-order chi connectivity index (χ0) is 18.1. The van der Waals surface area contributed by atoms with Gasteiger partial charge < -0.3 is 9.16 Å². The summed E-state index contributed by atoms with van der Waals surface area (Å²) in [5.41, 5.74) is -0.885. The van der Waals surface area contributed by atoms with Crippen molar-refractivity contribution in [1.82, 2.24) is 0 Å². The predicted octanol–water partition coefficient (Wildman–Crippen LogP) is 5.65. The number of carbonyl (C=O) groups is 1. The second-order valence-electron chi connectivity index (χ2n) is 9.21. The van der Waals surface area contributed by atoms with Crippen LogP contribution in [0, 0.1) is 11.8 Å². The number of fused-ring (bicyclic) bond motifs is 1. The summed E-state index contributed by atoms with van der Waals surface area (Å²) in [6, 6.07) is 0. The van der Waals surface area contributed by atoms with E-state index in [-0.39, 0.29) is 11.0 Å². The number of rotatable bonds is 4. The highest BCUT2D eigenvalue weighted by atomic mass is 28.4. The van der Waals surface area contributed by atoms with Crippen molar-refractivity contribution in [2.75, 3.05) is 6.61 Å². The van der Waals surface area contributed by atoms with Crippen molar-refractivity contribution in [2.24, 2.45) is 5.41 Å². The fourth-order valence-corrected chi connectivity index (χ4v) is 5.85. The van der Waals surface area contributed by atoms with E-state index in [1.165, 1.54) is 0 Å². The minimum Gasteiger partial charge on any atom is -0.465 e. The Kier molecular flexibility index (Phi) is 5.91.